The summed E-state index contributed by atoms with van der Waals surface area (Å²) in [5.74, 6) is 1.71. The summed E-state index contributed by atoms with van der Waals surface area (Å²) in [6.45, 7) is 6.73. The zero-order valence-corrected chi connectivity index (χ0v) is 12.0. The molecule has 2 rings (SSSR count). The van der Waals surface area contributed by atoms with Gasteiger partial charge in [0.05, 0.1) is 6.04 Å². The molecule has 1 aliphatic heterocycles. The quantitative estimate of drug-likeness (QED) is 0.848. The minimum Gasteiger partial charge on any atom is -0.488 e. The van der Waals surface area contributed by atoms with Crippen LogP contribution in [0.4, 0.5) is 0 Å². The summed E-state index contributed by atoms with van der Waals surface area (Å²) in [4.78, 5) is 0. The topological polar surface area (TPSA) is 21.3 Å². The first-order valence-electron chi connectivity index (χ1n) is 7.19. The number of fused-ring (bicyclic) bond motifs is 1. The van der Waals surface area contributed by atoms with Gasteiger partial charge in [0.1, 0.15) is 11.9 Å². The van der Waals surface area contributed by atoms with Crippen LogP contribution in [0.15, 0.2) is 18.2 Å². The third-order valence-corrected chi connectivity index (χ3v) is 4.08. The molecule has 0 radical (unpaired) electrons. The van der Waals surface area contributed by atoms with Gasteiger partial charge in [0.25, 0.3) is 0 Å². The molecule has 2 heteroatoms. The fourth-order valence-electron chi connectivity index (χ4n) is 2.83. The molecule has 0 fully saturated rings. The Morgan fingerprint density at radius 3 is 2.72 bits per heavy atom. The van der Waals surface area contributed by atoms with Gasteiger partial charge in [-0.1, -0.05) is 45.4 Å². The van der Waals surface area contributed by atoms with Gasteiger partial charge in [0, 0.05) is 5.56 Å². The van der Waals surface area contributed by atoms with Crippen molar-refractivity contribution in [3.63, 3.8) is 0 Å². The number of hydrogen-bond acceptors (Lipinski definition) is 2. The van der Waals surface area contributed by atoms with Crippen LogP contribution in [0.5, 0.6) is 5.75 Å². The lowest BCUT2D eigenvalue weighted by Crippen LogP contribution is -2.28. The molecule has 1 aromatic rings. The summed E-state index contributed by atoms with van der Waals surface area (Å²) in [7, 11) is 2.03. The highest BCUT2D eigenvalue weighted by molar-refractivity contribution is 5.48. The number of rotatable bonds is 5. The van der Waals surface area contributed by atoms with Crippen molar-refractivity contribution in [2.75, 3.05) is 7.05 Å². The van der Waals surface area contributed by atoms with Gasteiger partial charge >= 0.3 is 0 Å². The number of nitrogens with one attached hydrogen (secondary N) is 1. The molecule has 0 amide bonds. The monoisotopic (exact) mass is 247 g/mol. The van der Waals surface area contributed by atoms with Crippen molar-refractivity contribution in [3.8, 4) is 5.75 Å². The van der Waals surface area contributed by atoms with Gasteiger partial charge in [-0.2, -0.15) is 0 Å². The van der Waals surface area contributed by atoms with Gasteiger partial charge in [-0.3, -0.25) is 0 Å². The Morgan fingerprint density at radius 1 is 1.33 bits per heavy atom. The van der Waals surface area contributed by atoms with E-state index in [1.807, 2.05) is 7.05 Å². The molecule has 3 unspecified atom stereocenters. The van der Waals surface area contributed by atoms with Crippen LogP contribution in [0.3, 0.4) is 0 Å². The molecule has 1 aliphatic rings. The van der Waals surface area contributed by atoms with E-state index in [-0.39, 0.29) is 0 Å². The summed E-state index contributed by atoms with van der Waals surface area (Å²) >= 11 is 0. The van der Waals surface area contributed by atoms with Gasteiger partial charge in [-0.15, -0.1) is 0 Å². The molecule has 0 bridgehead atoms. The maximum atomic E-state index is 6.24. The third kappa shape index (κ3) is 2.26. The molecular formula is C16H25NO. The molecule has 1 heterocycles. The predicted molar refractivity (Wildman–Crippen MR) is 76.3 cm³/mol. The smallest absolute Gasteiger partial charge is 0.128 e. The van der Waals surface area contributed by atoms with E-state index >= 15 is 0 Å². The third-order valence-electron chi connectivity index (χ3n) is 4.08. The molecule has 3 atom stereocenters. The molecule has 0 saturated carbocycles. The minimum atomic E-state index is 0.292. The molecule has 0 aromatic heterocycles. The molecule has 0 spiro atoms. The van der Waals surface area contributed by atoms with Crippen LogP contribution in [0.25, 0.3) is 0 Å². The van der Waals surface area contributed by atoms with E-state index in [2.05, 4.69) is 44.3 Å². The Bertz CT molecular complexity index is 402. The SMILES string of the molecule is CCCC1Oc2c(C(C)CC)cccc2C1NC. The number of ether oxygens (including phenoxy) is 1. The van der Waals surface area contributed by atoms with E-state index < -0.39 is 0 Å². The fourth-order valence-corrected chi connectivity index (χ4v) is 2.83. The lowest BCUT2D eigenvalue weighted by Gasteiger charge is -2.17. The number of likely N-dealkylation sites (N-methyl/N-ethyl adjacent to an activating group) is 1. The van der Waals surface area contributed by atoms with Crippen LogP contribution in [0, 0.1) is 0 Å². The predicted octanol–water partition coefficient (Wildman–Crippen LogP) is 4.02. The average Bonchev–Trinajstić information content (AvgIpc) is 2.75. The Balaban J connectivity index is 2.36. The second-order valence-electron chi connectivity index (χ2n) is 5.29. The van der Waals surface area contributed by atoms with Crippen LogP contribution in [0.1, 0.15) is 63.1 Å². The maximum absolute atomic E-state index is 6.24. The molecule has 1 N–H and O–H groups in total. The molecule has 2 nitrogen and oxygen atoms in total. The summed E-state index contributed by atoms with van der Waals surface area (Å²) in [5.41, 5.74) is 2.71. The van der Waals surface area contributed by atoms with Gasteiger partial charge in [0.15, 0.2) is 0 Å². The zero-order valence-electron chi connectivity index (χ0n) is 12.0. The fraction of sp³-hybridized carbons (Fsp3) is 0.625. The molecule has 1 aromatic carbocycles. The highest BCUT2D eigenvalue weighted by Crippen LogP contribution is 2.43. The van der Waals surface area contributed by atoms with Crippen LogP contribution in [-0.4, -0.2) is 13.2 Å². The summed E-state index contributed by atoms with van der Waals surface area (Å²) in [6.07, 6.45) is 3.72. The molecule has 0 saturated heterocycles. The van der Waals surface area contributed by atoms with Crippen molar-refractivity contribution in [3.05, 3.63) is 29.3 Å². The minimum absolute atomic E-state index is 0.292. The van der Waals surface area contributed by atoms with Gasteiger partial charge < -0.3 is 10.1 Å². The highest BCUT2D eigenvalue weighted by atomic mass is 16.5. The zero-order chi connectivity index (χ0) is 13.1. The molecular weight excluding hydrogens is 222 g/mol. The highest BCUT2D eigenvalue weighted by Gasteiger charge is 2.34. The second kappa shape index (κ2) is 5.75. The van der Waals surface area contributed by atoms with E-state index in [1.54, 1.807) is 0 Å². The summed E-state index contributed by atoms with van der Waals surface area (Å²) in [6, 6.07) is 6.94. The van der Waals surface area contributed by atoms with Crippen LogP contribution < -0.4 is 10.1 Å². The van der Waals surface area contributed by atoms with Crippen molar-refractivity contribution in [1.29, 1.82) is 0 Å². The molecule has 18 heavy (non-hydrogen) atoms. The van der Waals surface area contributed by atoms with E-state index in [9.17, 15) is 0 Å². The van der Waals surface area contributed by atoms with Crippen molar-refractivity contribution < 1.29 is 4.74 Å². The largest absolute Gasteiger partial charge is 0.488 e. The van der Waals surface area contributed by atoms with Crippen LogP contribution >= 0.6 is 0 Å². The molecule has 100 valence electrons. The number of benzene rings is 1. The lowest BCUT2D eigenvalue weighted by molar-refractivity contribution is 0.180. The van der Waals surface area contributed by atoms with Gasteiger partial charge in [-0.05, 0) is 31.4 Å². The summed E-state index contributed by atoms with van der Waals surface area (Å²) < 4.78 is 6.24. The summed E-state index contributed by atoms with van der Waals surface area (Å²) in [5, 5.41) is 3.41. The molecule has 0 aliphatic carbocycles. The van der Waals surface area contributed by atoms with Gasteiger partial charge in [-0.25, -0.2) is 0 Å². The standard InChI is InChI=1S/C16H25NO/c1-5-8-14-15(17-4)13-10-7-9-12(11(3)6-2)16(13)18-14/h7,9-11,14-15,17H,5-6,8H2,1-4H3. The number of para-hydroxylation sites is 1. The van der Waals surface area contributed by atoms with E-state index in [0.717, 1.165) is 25.0 Å². The average molecular weight is 247 g/mol. The first kappa shape index (κ1) is 13.4. The Morgan fingerprint density at radius 2 is 2.11 bits per heavy atom. The van der Waals surface area contributed by atoms with Crippen molar-refractivity contribution >= 4 is 0 Å². The van der Waals surface area contributed by atoms with Crippen LogP contribution in [-0.2, 0) is 0 Å². The van der Waals surface area contributed by atoms with E-state index in [1.165, 1.54) is 11.1 Å². The van der Waals surface area contributed by atoms with E-state index in [0.29, 0.717) is 18.1 Å². The first-order valence-corrected chi connectivity index (χ1v) is 7.19. The van der Waals surface area contributed by atoms with E-state index in [4.69, 9.17) is 4.74 Å². The second-order valence-corrected chi connectivity index (χ2v) is 5.29. The Labute approximate surface area is 111 Å². The van der Waals surface area contributed by atoms with Crippen molar-refractivity contribution in [2.24, 2.45) is 0 Å². The van der Waals surface area contributed by atoms with Crippen molar-refractivity contribution in [2.45, 2.75) is 58.1 Å². The van der Waals surface area contributed by atoms with Crippen LogP contribution in [0.2, 0.25) is 0 Å². The Hall–Kier alpha value is -1.02. The number of hydrogen-bond donors (Lipinski definition) is 1. The lowest BCUT2D eigenvalue weighted by atomic mass is 9.93. The van der Waals surface area contributed by atoms with Gasteiger partial charge in [0.2, 0.25) is 0 Å². The van der Waals surface area contributed by atoms with Crippen molar-refractivity contribution in [1.82, 2.24) is 5.32 Å². The maximum Gasteiger partial charge on any atom is 0.128 e. The normalized spacial score (nSPS) is 23.6. The Kier molecular flexibility index (Phi) is 4.28. The first-order chi connectivity index (χ1) is 8.72.